The van der Waals surface area contributed by atoms with Gasteiger partial charge in [0.25, 0.3) is 5.91 Å². The highest BCUT2D eigenvalue weighted by Crippen LogP contribution is 2.23. The van der Waals surface area contributed by atoms with Crippen molar-refractivity contribution in [3.05, 3.63) is 40.2 Å². The Morgan fingerprint density at radius 2 is 1.96 bits per heavy atom. The summed E-state index contributed by atoms with van der Waals surface area (Å²) in [6.45, 7) is 1.47. The summed E-state index contributed by atoms with van der Waals surface area (Å²) in [7, 11) is 0. The van der Waals surface area contributed by atoms with Crippen LogP contribution in [-0.2, 0) is 20.8 Å². The Kier molecular flexibility index (Phi) is 6.53. The minimum absolute atomic E-state index is 0.250. The summed E-state index contributed by atoms with van der Waals surface area (Å²) >= 11 is 0. The third-order valence-corrected chi connectivity index (χ3v) is 3.70. The van der Waals surface area contributed by atoms with Crippen molar-refractivity contribution in [1.82, 2.24) is 5.32 Å². The zero-order chi connectivity index (χ0) is 20.0. The minimum atomic E-state index is -1.55. The predicted molar refractivity (Wildman–Crippen MR) is 93.8 cm³/mol. The Morgan fingerprint density at radius 3 is 2.59 bits per heavy atom. The van der Waals surface area contributed by atoms with E-state index in [9.17, 15) is 19.2 Å². The molecule has 1 amide bonds. The van der Waals surface area contributed by atoms with Crippen LogP contribution in [0.5, 0.6) is 5.75 Å². The lowest BCUT2D eigenvalue weighted by atomic mass is 10.1. The molecule has 1 atom stereocenters. The number of carbonyl (C=O) groups is 3. The molecule has 0 radical (unpaired) electrons. The van der Waals surface area contributed by atoms with E-state index in [4.69, 9.17) is 19.4 Å². The number of aliphatic carboxylic acids is 2. The second-order valence-corrected chi connectivity index (χ2v) is 5.84. The SMILES string of the molecule is CCCc1cc(=O)oc2cc(OCC(=O)NC(CC(=O)O)C(=O)O)ccc12. The molecule has 0 bridgehead atoms. The van der Waals surface area contributed by atoms with Gasteiger partial charge in [0.1, 0.15) is 17.4 Å². The van der Waals surface area contributed by atoms with Gasteiger partial charge < -0.3 is 24.7 Å². The van der Waals surface area contributed by atoms with Crippen LogP contribution in [0.3, 0.4) is 0 Å². The second-order valence-electron chi connectivity index (χ2n) is 5.84. The van der Waals surface area contributed by atoms with Gasteiger partial charge >= 0.3 is 17.6 Å². The van der Waals surface area contributed by atoms with Crippen molar-refractivity contribution in [1.29, 1.82) is 0 Å². The monoisotopic (exact) mass is 377 g/mol. The van der Waals surface area contributed by atoms with Crippen LogP contribution in [0.25, 0.3) is 11.0 Å². The first-order valence-electron chi connectivity index (χ1n) is 8.23. The van der Waals surface area contributed by atoms with Crippen LogP contribution in [0.2, 0.25) is 0 Å². The van der Waals surface area contributed by atoms with Gasteiger partial charge in [-0.05, 0) is 24.1 Å². The van der Waals surface area contributed by atoms with Crippen LogP contribution >= 0.6 is 0 Å². The summed E-state index contributed by atoms with van der Waals surface area (Å²) in [5, 5.41) is 20.4. The maximum Gasteiger partial charge on any atom is 0.336 e. The van der Waals surface area contributed by atoms with Gasteiger partial charge in [-0.25, -0.2) is 9.59 Å². The molecule has 9 nitrogen and oxygen atoms in total. The van der Waals surface area contributed by atoms with Crippen LogP contribution in [0, 0.1) is 0 Å². The molecule has 144 valence electrons. The second kappa shape index (κ2) is 8.84. The number of rotatable bonds is 9. The van der Waals surface area contributed by atoms with E-state index in [2.05, 4.69) is 5.32 Å². The summed E-state index contributed by atoms with van der Waals surface area (Å²) in [4.78, 5) is 45.0. The maximum absolute atomic E-state index is 11.8. The van der Waals surface area contributed by atoms with Crippen LogP contribution in [-0.4, -0.2) is 40.7 Å². The average Bonchev–Trinajstić information content (AvgIpc) is 2.58. The van der Waals surface area contributed by atoms with E-state index in [1.54, 1.807) is 12.1 Å². The van der Waals surface area contributed by atoms with E-state index in [1.165, 1.54) is 12.1 Å². The van der Waals surface area contributed by atoms with Crippen molar-refractivity contribution in [2.24, 2.45) is 0 Å². The standard InChI is InChI=1S/C18H19NO8/c1-2-3-10-6-17(23)27-14-7-11(4-5-12(10)14)26-9-15(20)19-13(18(24)25)8-16(21)22/h4-7,13H,2-3,8-9H2,1H3,(H,19,20)(H,21,22)(H,24,25). The Morgan fingerprint density at radius 1 is 1.22 bits per heavy atom. The third-order valence-electron chi connectivity index (χ3n) is 3.70. The Bertz CT molecular complexity index is 917. The fourth-order valence-electron chi connectivity index (χ4n) is 2.54. The van der Waals surface area contributed by atoms with Gasteiger partial charge in [0, 0.05) is 17.5 Å². The molecule has 1 aromatic heterocycles. The van der Waals surface area contributed by atoms with Crippen LogP contribution in [0.1, 0.15) is 25.3 Å². The molecule has 0 spiro atoms. The van der Waals surface area contributed by atoms with E-state index in [1.807, 2.05) is 6.92 Å². The van der Waals surface area contributed by atoms with Gasteiger partial charge in [0.2, 0.25) is 0 Å². The van der Waals surface area contributed by atoms with Crippen LogP contribution in [0.4, 0.5) is 0 Å². The number of hydrogen-bond acceptors (Lipinski definition) is 6. The molecule has 0 fully saturated rings. The number of benzene rings is 1. The largest absolute Gasteiger partial charge is 0.484 e. The fraction of sp³-hybridized carbons (Fsp3) is 0.333. The van der Waals surface area contributed by atoms with Gasteiger partial charge in [0.05, 0.1) is 6.42 Å². The van der Waals surface area contributed by atoms with Crippen molar-refractivity contribution in [3.8, 4) is 5.75 Å². The van der Waals surface area contributed by atoms with Gasteiger partial charge in [0.15, 0.2) is 6.61 Å². The number of amides is 1. The fourth-order valence-corrected chi connectivity index (χ4v) is 2.54. The van der Waals surface area contributed by atoms with Crippen molar-refractivity contribution in [3.63, 3.8) is 0 Å². The number of nitrogens with one attached hydrogen (secondary N) is 1. The molecule has 3 N–H and O–H groups in total. The number of hydrogen-bond donors (Lipinski definition) is 3. The molecule has 9 heteroatoms. The summed E-state index contributed by atoms with van der Waals surface area (Å²) in [5.74, 6) is -3.35. The van der Waals surface area contributed by atoms with Crippen LogP contribution < -0.4 is 15.7 Å². The third kappa shape index (κ3) is 5.56. The smallest absolute Gasteiger partial charge is 0.336 e. The lowest BCUT2D eigenvalue weighted by Gasteiger charge is -2.13. The molecule has 0 aliphatic carbocycles. The molecular formula is C18H19NO8. The van der Waals surface area contributed by atoms with Crippen molar-refractivity contribution in [2.45, 2.75) is 32.2 Å². The summed E-state index contributed by atoms with van der Waals surface area (Å²) in [6, 6.07) is 4.66. The topological polar surface area (TPSA) is 143 Å². The van der Waals surface area contributed by atoms with Gasteiger partial charge in [-0.15, -0.1) is 0 Å². The summed E-state index contributed by atoms with van der Waals surface area (Å²) in [6.07, 6.45) is 0.825. The van der Waals surface area contributed by atoms with Crippen molar-refractivity contribution >= 4 is 28.8 Å². The first-order chi connectivity index (χ1) is 12.8. The minimum Gasteiger partial charge on any atom is -0.484 e. The highest BCUT2D eigenvalue weighted by Gasteiger charge is 2.23. The van der Waals surface area contributed by atoms with Crippen molar-refractivity contribution < 1.29 is 33.8 Å². The number of carboxylic acids is 2. The molecule has 1 unspecified atom stereocenters. The van der Waals surface area contributed by atoms with Gasteiger partial charge in [-0.2, -0.15) is 0 Å². The number of ether oxygens (including phenoxy) is 1. The number of carbonyl (C=O) groups excluding carboxylic acids is 1. The Balaban J connectivity index is 2.08. The molecule has 0 saturated carbocycles. The zero-order valence-electron chi connectivity index (χ0n) is 14.6. The van der Waals surface area contributed by atoms with Crippen molar-refractivity contribution in [2.75, 3.05) is 6.61 Å². The highest BCUT2D eigenvalue weighted by atomic mass is 16.5. The van der Waals surface area contributed by atoms with Gasteiger partial charge in [-0.3, -0.25) is 9.59 Å². The number of aryl methyl sites for hydroxylation is 1. The van der Waals surface area contributed by atoms with E-state index in [0.717, 1.165) is 17.4 Å². The first-order valence-corrected chi connectivity index (χ1v) is 8.23. The Labute approximate surface area is 153 Å². The predicted octanol–water partition coefficient (Wildman–Crippen LogP) is 1.17. The molecule has 1 heterocycles. The number of fused-ring (bicyclic) bond motifs is 1. The quantitative estimate of drug-likeness (QED) is 0.553. The summed E-state index contributed by atoms with van der Waals surface area (Å²) < 4.78 is 10.4. The average molecular weight is 377 g/mol. The number of carboxylic acid groups (broad SMARTS) is 2. The molecule has 0 aliphatic heterocycles. The molecule has 2 aromatic rings. The molecule has 27 heavy (non-hydrogen) atoms. The zero-order valence-corrected chi connectivity index (χ0v) is 14.6. The maximum atomic E-state index is 11.8. The lowest BCUT2D eigenvalue weighted by Crippen LogP contribution is -2.44. The first kappa shape index (κ1) is 20.0. The van der Waals surface area contributed by atoms with E-state index >= 15 is 0 Å². The normalized spacial score (nSPS) is 11.7. The highest BCUT2D eigenvalue weighted by molar-refractivity contribution is 5.87. The van der Waals surface area contributed by atoms with E-state index < -0.39 is 42.5 Å². The molecule has 2 rings (SSSR count). The van der Waals surface area contributed by atoms with E-state index in [-0.39, 0.29) is 5.75 Å². The van der Waals surface area contributed by atoms with Crippen LogP contribution in [0.15, 0.2) is 33.5 Å². The molecular weight excluding hydrogens is 358 g/mol. The van der Waals surface area contributed by atoms with E-state index in [0.29, 0.717) is 12.0 Å². The Hall–Kier alpha value is -3.36. The lowest BCUT2D eigenvalue weighted by molar-refractivity contribution is -0.147. The molecule has 0 aliphatic rings. The summed E-state index contributed by atoms with van der Waals surface area (Å²) in [5.41, 5.74) is 0.683. The van der Waals surface area contributed by atoms with Gasteiger partial charge in [-0.1, -0.05) is 13.3 Å². The molecule has 0 saturated heterocycles. The molecule has 1 aromatic carbocycles.